The third-order valence-corrected chi connectivity index (χ3v) is 10.8. The lowest BCUT2D eigenvalue weighted by molar-refractivity contribution is -0.376. The predicted molar refractivity (Wildman–Crippen MR) is 185 cm³/mol. The maximum Gasteiger partial charge on any atom is 0.430 e. The van der Waals surface area contributed by atoms with Crippen LogP contribution in [0.5, 0.6) is 0 Å². The van der Waals surface area contributed by atoms with Gasteiger partial charge in [0.25, 0.3) is 23.3 Å². The molecule has 312 valence electrons. The van der Waals surface area contributed by atoms with Crippen LogP contribution in [-0.4, -0.2) is 109 Å². The Morgan fingerprint density at radius 2 is 1.56 bits per heavy atom. The van der Waals surface area contributed by atoms with Gasteiger partial charge in [-0.05, 0) is 38.3 Å². The highest BCUT2D eigenvalue weighted by molar-refractivity contribution is 6.41. The van der Waals surface area contributed by atoms with Crippen molar-refractivity contribution < 1.29 is 65.3 Å². The number of aromatic nitrogens is 3. The van der Waals surface area contributed by atoms with Crippen LogP contribution in [0.2, 0.25) is 0 Å². The standard InChI is InChI=1S/C36H43F6N7O8/c1-32(2,55)26-18-44-47-49(26)23-17-25(30(53)46-33(27(50)28(43)51)12-14-57-15-13-33)48(19-23)31(54)24(16-20-6-4-3-5-7-20)45-29(52)21-8-10-22(11-9-21)34(56,35(37,38)39)36(40,41)42/h8-11,18,20,23,25,55-56H,3-7,12-17,19H2,1-2H3,(H2,43,51)(H,46,53)/b45-24+/t23-,25-/m0/s1. The molecule has 3 aliphatic rings. The normalized spacial score (nSPS) is 21.3. The van der Waals surface area contributed by atoms with Crippen LogP contribution in [0.3, 0.4) is 0 Å². The van der Waals surface area contributed by atoms with Gasteiger partial charge < -0.3 is 30.9 Å². The second-order valence-electron chi connectivity index (χ2n) is 15.2. The first kappa shape index (κ1) is 43.4. The second kappa shape index (κ2) is 16.2. The third kappa shape index (κ3) is 8.89. The molecule has 15 nitrogen and oxygen atoms in total. The molecule has 1 saturated carbocycles. The summed E-state index contributed by atoms with van der Waals surface area (Å²) in [7, 11) is 0. The van der Waals surface area contributed by atoms with E-state index in [4.69, 9.17) is 10.5 Å². The number of aliphatic imine (C=N–C) groups is 1. The Morgan fingerprint density at radius 1 is 0.965 bits per heavy atom. The van der Waals surface area contributed by atoms with Crippen molar-refractivity contribution >= 4 is 35.1 Å². The van der Waals surface area contributed by atoms with Gasteiger partial charge in [0.1, 0.15) is 22.9 Å². The molecule has 2 aliphatic heterocycles. The van der Waals surface area contributed by atoms with Crippen molar-refractivity contribution in [3.8, 4) is 0 Å². The lowest BCUT2D eigenvalue weighted by Crippen LogP contribution is -2.63. The lowest BCUT2D eigenvalue weighted by Gasteiger charge is -2.37. The van der Waals surface area contributed by atoms with Crippen molar-refractivity contribution in [1.82, 2.24) is 25.2 Å². The molecule has 21 heteroatoms. The molecule has 1 aliphatic carbocycles. The molecule has 2 atom stereocenters. The molecule has 57 heavy (non-hydrogen) atoms. The van der Waals surface area contributed by atoms with Crippen LogP contribution >= 0.6 is 0 Å². The van der Waals surface area contributed by atoms with E-state index in [1.54, 1.807) is 0 Å². The monoisotopic (exact) mass is 815 g/mol. The highest BCUT2D eigenvalue weighted by Crippen LogP contribution is 2.50. The number of Topliss-reactive ketones (excluding diaryl/α,β-unsaturated/α-hetero) is 1. The maximum atomic E-state index is 14.6. The van der Waals surface area contributed by atoms with Gasteiger partial charge in [0.15, 0.2) is 0 Å². The minimum atomic E-state index is -6.16. The van der Waals surface area contributed by atoms with Crippen molar-refractivity contribution in [2.45, 2.75) is 113 Å². The molecule has 3 heterocycles. The topological polar surface area (TPSA) is 219 Å². The van der Waals surface area contributed by atoms with E-state index in [1.807, 2.05) is 0 Å². The van der Waals surface area contributed by atoms with E-state index >= 15 is 0 Å². The minimum Gasteiger partial charge on any atom is -0.384 e. The molecule has 2 saturated heterocycles. The average molecular weight is 816 g/mol. The second-order valence-corrected chi connectivity index (χ2v) is 15.2. The van der Waals surface area contributed by atoms with E-state index in [0.717, 1.165) is 24.2 Å². The molecule has 4 amide bonds. The fourth-order valence-electron chi connectivity index (χ4n) is 7.64. The molecule has 1 aromatic heterocycles. The van der Waals surface area contributed by atoms with Gasteiger partial charge in [0.2, 0.25) is 11.7 Å². The Morgan fingerprint density at radius 3 is 2.11 bits per heavy atom. The number of hydrogen-bond acceptors (Lipinski definition) is 10. The summed E-state index contributed by atoms with van der Waals surface area (Å²) in [6, 6.07) is -0.409. The number of ketones is 1. The number of benzene rings is 1. The molecular formula is C36H43F6N7O8. The van der Waals surface area contributed by atoms with Crippen LogP contribution in [0, 0.1) is 5.92 Å². The molecule has 0 radical (unpaired) electrons. The van der Waals surface area contributed by atoms with Crippen LogP contribution in [0.25, 0.3) is 0 Å². The van der Waals surface area contributed by atoms with E-state index in [0.29, 0.717) is 25.0 Å². The summed E-state index contributed by atoms with van der Waals surface area (Å²) in [5.41, 5.74) is -5.37. The molecule has 1 aromatic carbocycles. The van der Waals surface area contributed by atoms with Gasteiger partial charge in [-0.1, -0.05) is 49.5 Å². The van der Waals surface area contributed by atoms with Crippen molar-refractivity contribution in [3.05, 3.63) is 47.3 Å². The van der Waals surface area contributed by atoms with Gasteiger partial charge >= 0.3 is 12.4 Å². The Hall–Kier alpha value is -4.76. The van der Waals surface area contributed by atoms with E-state index in [9.17, 15) is 60.5 Å². The molecule has 0 bridgehead atoms. The van der Waals surface area contributed by atoms with Gasteiger partial charge in [-0.3, -0.25) is 24.0 Å². The van der Waals surface area contributed by atoms with Gasteiger partial charge in [0.05, 0.1) is 17.9 Å². The molecule has 0 unspecified atom stereocenters. The Labute approximate surface area is 322 Å². The summed E-state index contributed by atoms with van der Waals surface area (Å²) in [4.78, 5) is 72.7. The fraction of sp³-hybridized carbons (Fsp3) is 0.611. The summed E-state index contributed by atoms with van der Waals surface area (Å²) in [6.07, 6.45) is -7.70. The minimum absolute atomic E-state index is 0.00385. The Bertz CT molecular complexity index is 1860. The summed E-state index contributed by atoms with van der Waals surface area (Å²) < 4.78 is 87.7. The summed E-state index contributed by atoms with van der Waals surface area (Å²) >= 11 is 0. The van der Waals surface area contributed by atoms with Crippen molar-refractivity contribution in [2.24, 2.45) is 16.6 Å². The van der Waals surface area contributed by atoms with Gasteiger partial charge in [-0.15, -0.1) is 5.10 Å². The number of nitrogens with one attached hydrogen (secondary N) is 1. The van der Waals surface area contributed by atoms with E-state index in [2.05, 4.69) is 20.6 Å². The number of primary amides is 1. The van der Waals surface area contributed by atoms with E-state index < -0.39 is 81.7 Å². The van der Waals surface area contributed by atoms with Crippen LogP contribution in [0.1, 0.15) is 99.3 Å². The summed E-state index contributed by atoms with van der Waals surface area (Å²) in [5, 5.41) is 31.2. The molecule has 5 N–H and O–H groups in total. The Kier molecular flexibility index (Phi) is 12.4. The molecule has 0 spiro atoms. The number of aliphatic hydroxyl groups is 2. The first-order valence-corrected chi connectivity index (χ1v) is 18.3. The number of amides is 4. The zero-order valence-electron chi connectivity index (χ0n) is 31.0. The Balaban J connectivity index is 1.54. The number of carbonyl (C=O) groups is 5. The number of likely N-dealkylation sites (tertiary alicyclic amines) is 1. The number of ether oxygens (including phenoxy) is 1. The van der Waals surface area contributed by atoms with Gasteiger partial charge in [0, 0.05) is 50.1 Å². The zero-order valence-corrected chi connectivity index (χ0v) is 31.0. The quantitative estimate of drug-likeness (QED) is 0.148. The van der Waals surface area contributed by atoms with Crippen LogP contribution in [0.4, 0.5) is 26.3 Å². The van der Waals surface area contributed by atoms with Crippen LogP contribution < -0.4 is 11.1 Å². The first-order valence-electron chi connectivity index (χ1n) is 18.3. The fourth-order valence-corrected chi connectivity index (χ4v) is 7.64. The number of nitrogens with zero attached hydrogens (tertiary/aromatic N) is 5. The van der Waals surface area contributed by atoms with Gasteiger partial charge in [-0.25, -0.2) is 9.67 Å². The average Bonchev–Trinajstić information content (AvgIpc) is 3.82. The number of halogens is 6. The molecular weight excluding hydrogens is 772 g/mol. The molecule has 2 aromatic rings. The number of rotatable bonds is 11. The van der Waals surface area contributed by atoms with Crippen LogP contribution in [0.15, 0.2) is 35.5 Å². The van der Waals surface area contributed by atoms with Crippen molar-refractivity contribution in [2.75, 3.05) is 19.8 Å². The van der Waals surface area contributed by atoms with Gasteiger partial charge in [-0.2, -0.15) is 26.3 Å². The smallest absolute Gasteiger partial charge is 0.384 e. The number of alkyl halides is 6. The molecule has 3 fully saturated rings. The number of nitrogens with two attached hydrogens (primary N) is 1. The SMILES string of the molecule is CC(C)(O)c1cnnn1[C@H]1C[C@@H](C(=O)NC2(C(=O)C(N)=O)CCOCC2)N(C(=O)/C(CC2CCCCC2)=N/C(=O)c2ccc(C(O)(C(F)(F)F)C(F)(F)F)cc2)C1. The number of carbonyl (C=O) groups excluding carboxylic acids is 5. The summed E-state index contributed by atoms with van der Waals surface area (Å²) in [6.45, 7) is 2.67. The van der Waals surface area contributed by atoms with E-state index in [-0.39, 0.29) is 74.9 Å². The van der Waals surface area contributed by atoms with Crippen molar-refractivity contribution in [3.63, 3.8) is 0 Å². The summed E-state index contributed by atoms with van der Waals surface area (Å²) in [5.74, 6) is -5.52. The number of hydrogen-bond donors (Lipinski definition) is 4. The first-order chi connectivity index (χ1) is 26.5. The largest absolute Gasteiger partial charge is 0.430 e. The third-order valence-electron chi connectivity index (χ3n) is 10.8. The predicted octanol–water partition coefficient (Wildman–Crippen LogP) is 2.93. The van der Waals surface area contributed by atoms with Crippen LogP contribution in [-0.2, 0) is 35.1 Å². The highest BCUT2D eigenvalue weighted by Gasteiger charge is 2.71. The molecule has 5 rings (SSSR count). The maximum absolute atomic E-state index is 14.6. The van der Waals surface area contributed by atoms with E-state index in [1.165, 1.54) is 24.7 Å². The highest BCUT2D eigenvalue weighted by atomic mass is 19.4. The zero-order chi connectivity index (χ0) is 42.1. The van der Waals surface area contributed by atoms with Crippen molar-refractivity contribution in [1.29, 1.82) is 0 Å². The lowest BCUT2D eigenvalue weighted by atomic mass is 9.84.